The summed E-state index contributed by atoms with van der Waals surface area (Å²) >= 11 is 5.38. The van der Waals surface area contributed by atoms with E-state index in [1.54, 1.807) is 6.92 Å². The minimum absolute atomic E-state index is 0.307. The van der Waals surface area contributed by atoms with Crippen molar-refractivity contribution in [3.8, 4) is 6.07 Å². The van der Waals surface area contributed by atoms with Crippen molar-refractivity contribution in [3.63, 3.8) is 0 Å². The summed E-state index contributed by atoms with van der Waals surface area (Å²) in [5.41, 5.74) is -0.637. The van der Waals surface area contributed by atoms with Crippen LogP contribution in [-0.4, -0.2) is 29.1 Å². The van der Waals surface area contributed by atoms with E-state index in [9.17, 15) is 4.79 Å². The first kappa shape index (κ1) is 8.15. The molecule has 0 spiro atoms. The average Bonchev–Trinajstić information content (AvgIpc) is 2.63. The highest BCUT2D eigenvalue weighted by Crippen LogP contribution is 2.18. The first-order chi connectivity index (χ1) is 5.15. The van der Waals surface area contributed by atoms with Crippen LogP contribution in [0.1, 0.15) is 6.92 Å². The fourth-order valence-electron chi connectivity index (χ4n) is 0.658. The number of hydrogen-bond donors (Lipinski definition) is 0. The molecule has 0 bridgehead atoms. The lowest BCUT2D eigenvalue weighted by molar-refractivity contribution is 0.123. The van der Waals surface area contributed by atoms with Crippen LogP contribution in [0.3, 0.4) is 0 Å². The summed E-state index contributed by atoms with van der Waals surface area (Å²) < 4.78 is 4.61. The smallest absolute Gasteiger partial charge is 0.412 e. The Balaban J connectivity index is 2.30. The van der Waals surface area contributed by atoms with E-state index in [0.29, 0.717) is 6.54 Å². The van der Waals surface area contributed by atoms with Crippen LogP contribution in [0.15, 0.2) is 0 Å². The lowest BCUT2D eigenvalue weighted by Gasteiger charge is -2.05. The molecule has 60 valence electrons. The Bertz CT molecular complexity index is 211. The van der Waals surface area contributed by atoms with Gasteiger partial charge in [0, 0.05) is 0 Å². The van der Waals surface area contributed by atoms with Crippen molar-refractivity contribution in [1.82, 2.24) is 4.90 Å². The van der Waals surface area contributed by atoms with Gasteiger partial charge >= 0.3 is 6.09 Å². The minimum Gasteiger partial charge on any atom is -0.430 e. The van der Waals surface area contributed by atoms with Crippen LogP contribution in [0.25, 0.3) is 0 Å². The summed E-state index contributed by atoms with van der Waals surface area (Å²) in [6, 6.07) is 1.62. The average molecular weight is 175 g/mol. The summed E-state index contributed by atoms with van der Waals surface area (Å²) in [6.45, 7) is 2.00. The molecule has 0 radical (unpaired) electrons. The van der Waals surface area contributed by atoms with Crippen molar-refractivity contribution in [2.75, 3.05) is 6.54 Å². The predicted molar refractivity (Wildman–Crippen MR) is 37.9 cm³/mol. The van der Waals surface area contributed by atoms with E-state index in [2.05, 4.69) is 4.74 Å². The van der Waals surface area contributed by atoms with E-state index in [1.165, 1.54) is 4.90 Å². The molecule has 0 aromatic carbocycles. The number of amides is 1. The largest absolute Gasteiger partial charge is 0.430 e. The second-order valence-corrected chi connectivity index (χ2v) is 2.84. The number of ether oxygens (including phenoxy) is 1. The van der Waals surface area contributed by atoms with E-state index >= 15 is 0 Å². The van der Waals surface area contributed by atoms with Crippen LogP contribution in [0.4, 0.5) is 4.79 Å². The maximum absolute atomic E-state index is 10.9. The van der Waals surface area contributed by atoms with Crippen LogP contribution in [0.5, 0.6) is 0 Å². The molecule has 0 saturated carbocycles. The van der Waals surface area contributed by atoms with E-state index in [-0.39, 0.29) is 6.04 Å². The SMILES string of the molecule is CC(Cl)OC(=O)N1CC1C#N. The first-order valence-corrected chi connectivity index (χ1v) is 3.59. The summed E-state index contributed by atoms with van der Waals surface area (Å²) in [7, 11) is 0. The van der Waals surface area contributed by atoms with Crippen LogP contribution in [0.2, 0.25) is 0 Å². The van der Waals surface area contributed by atoms with Gasteiger partial charge in [-0.25, -0.2) is 4.79 Å². The third kappa shape index (κ3) is 1.99. The van der Waals surface area contributed by atoms with Gasteiger partial charge in [0.25, 0.3) is 0 Å². The maximum Gasteiger partial charge on any atom is 0.412 e. The molecule has 1 saturated heterocycles. The van der Waals surface area contributed by atoms with Crippen molar-refractivity contribution in [2.45, 2.75) is 18.5 Å². The van der Waals surface area contributed by atoms with Crippen molar-refractivity contribution < 1.29 is 9.53 Å². The highest BCUT2D eigenvalue weighted by atomic mass is 35.5. The van der Waals surface area contributed by atoms with Crippen molar-refractivity contribution >= 4 is 17.7 Å². The van der Waals surface area contributed by atoms with Crippen LogP contribution >= 0.6 is 11.6 Å². The van der Waals surface area contributed by atoms with Crippen molar-refractivity contribution in [2.24, 2.45) is 0 Å². The van der Waals surface area contributed by atoms with E-state index in [0.717, 1.165) is 0 Å². The van der Waals surface area contributed by atoms with E-state index in [4.69, 9.17) is 16.9 Å². The molecule has 0 aliphatic carbocycles. The van der Waals surface area contributed by atoms with Gasteiger partial charge in [0.1, 0.15) is 6.04 Å². The first-order valence-electron chi connectivity index (χ1n) is 3.16. The molecule has 1 aliphatic heterocycles. The fourth-order valence-corrected chi connectivity index (χ4v) is 0.734. The molecule has 1 aliphatic rings. The van der Waals surface area contributed by atoms with Gasteiger partial charge in [-0.05, 0) is 6.92 Å². The Kier molecular flexibility index (Phi) is 2.20. The van der Waals surface area contributed by atoms with Gasteiger partial charge in [0.2, 0.25) is 0 Å². The summed E-state index contributed by atoms with van der Waals surface area (Å²) in [5.74, 6) is 0. The summed E-state index contributed by atoms with van der Waals surface area (Å²) in [4.78, 5) is 12.2. The zero-order valence-corrected chi connectivity index (χ0v) is 6.71. The maximum atomic E-state index is 10.9. The number of hydrogen-bond acceptors (Lipinski definition) is 3. The third-order valence-electron chi connectivity index (χ3n) is 1.26. The van der Waals surface area contributed by atoms with Gasteiger partial charge in [-0.3, -0.25) is 4.90 Å². The number of carbonyl (C=O) groups is 1. The van der Waals surface area contributed by atoms with Gasteiger partial charge in [-0.1, -0.05) is 11.6 Å². The molecule has 2 unspecified atom stereocenters. The second kappa shape index (κ2) is 2.97. The highest BCUT2D eigenvalue weighted by Gasteiger charge is 2.40. The molecule has 1 amide bonds. The number of alkyl halides is 1. The Morgan fingerprint density at radius 1 is 2.00 bits per heavy atom. The molecule has 1 fully saturated rings. The number of halogens is 1. The van der Waals surface area contributed by atoms with Crippen molar-refractivity contribution in [1.29, 1.82) is 5.26 Å². The molecule has 5 heteroatoms. The summed E-state index contributed by atoms with van der Waals surface area (Å²) in [5, 5.41) is 8.33. The Morgan fingerprint density at radius 3 is 3.00 bits per heavy atom. The number of nitriles is 1. The number of rotatable bonds is 1. The number of carbonyl (C=O) groups excluding carboxylic acids is 1. The van der Waals surface area contributed by atoms with Crippen LogP contribution in [0, 0.1) is 11.3 Å². The second-order valence-electron chi connectivity index (χ2n) is 2.22. The monoisotopic (exact) mass is 174 g/mol. The Morgan fingerprint density at radius 2 is 2.64 bits per heavy atom. The van der Waals surface area contributed by atoms with Gasteiger partial charge in [0.05, 0.1) is 12.6 Å². The molecule has 0 aromatic heterocycles. The Hall–Kier alpha value is -0.950. The zero-order valence-electron chi connectivity index (χ0n) is 5.95. The molecule has 1 heterocycles. The molecule has 2 atom stereocenters. The molecule has 0 aromatic rings. The molecule has 11 heavy (non-hydrogen) atoms. The summed E-state index contributed by atoms with van der Waals surface area (Å²) in [6.07, 6.45) is -0.515. The minimum atomic E-state index is -0.637. The fraction of sp³-hybridized carbons (Fsp3) is 0.667. The van der Waals surface area contributed by atoms with Crippen LogP contribution < -0.4 is 0 Å². The Labute approximate surface area is 69.3 Å². The topological polar surface area (TPSA) is 53.1 Å². The lowest BCUT2D eigenvalue weighted by Crippen LogP contribution is -2.17. The van der Waals surface area contributed by atoms with E-state index in [1.807, 2.05) is 6.07 Å². The molecule has 0 N–H and O–H groups in total. The van der Waals surface area contributed by atoms with Gasteiger partial charge in [0.15, 0.2) is 5.56 Å². The molecule has 4 nitrogen and oxygen atoms in total. The molecule has 1 rings (SSSR count). The quantitative estimate of drug-likeness (QED) is 0.439. The van der Waals surface area contributed by atoms with Gasteiger partial charge in [-0.15, -0.1) is 0 Å². The highest BCUT2D eigenvalue weighted by molar-refractivity contribution is 6.19. The van der Waals surface area contributed by atoms with Crippen molar-refractivity contribution in [3.05, 3.63) is 0 Å². The molecular formula is C6H7ClN2O2. The van der Waals surface area contributed by atoms with Gasteiger partial charge < -0.3 is 4.74 Å². The van der Waals surface area contributed by atoms with Gasteiger partial charge in [-0.2, -0.15) is 5.26 Å². The third-order valence-corrected chi connectivity index (χ3v) is 1.35. The standard InChI is InChI=1S/C6H7ClN2O2/c1-4(7)11-6(10)9-3-5(9)2-8/h4-5H,3H2,1H3. The zero-order chi connectivity index (χ0) is 8.43. The predicted octanol–water partition coefficient (Wildman–Crippen LogP) is 0.916. The van der Waals surface area contributed by atoms with E-state index < -0.39 is 11.7 Å². The number of nitrogens with zero attached hydrogens (tertiary/aromatic N) is 2. The lowest BCUT2D eigenvalue weighted by atomic mass is 10.5. The van der Waals surface area contributed by atoms with Crippen LogP contribution in [-0.2, 0) is 4.74 Å². The normalized spacial score (nSPS) is 23.7. The molecular weight excluding hydrogens is 168 g/mol.